The van der Waals surface area contributed by atoms with Crippen LogP contribution in [0, 0.1) is 6.92 Å². The van der Waals surface area contributed by atoms with Crippen LogP contribution in [-0.2, 0) is 6.18 Å². The summed E-state index contributed by atoms with van der Waals surface area (Å²) in [6, 6.07) is 13.5. The van der Waals surface area contributed by atoms with Gasteiger partial charge in [0.05, 0.1) is 0 Å². The summed E-state index contributed by atoms with van der Waals surface area (Å²) in [5, 5.41) is 2.65. The van der Waals surface area contributed by atoms with E-state index in [2.05, 4.69) is 26.2 Å². The second-order valence-corrected chi connectivity index (χ2v) is 7.33. The number of anilines is 1. The molecule has 1 N–H and O–H groups in total. The van der Waals surface area contributed by atoms with Crippen LogP contribution in [0.15, 0.2) is 53.0 Å². The molecule has 0 saturated heterocycles. The predicted molar refractivity (Wildman–Crippen MR) is 99.4 cm³/mol. The van der Waals surface area contributed by atoms with Crippen LogP contribution >= 0.6 is 27.3 Å². The Bertz CT molecular complexity index is 955. The normalized spacial score (nSPS) is 11.4. The molecule has 3 nitrogen and oxygen atoms in total. The summed E-state index contributed by atoms with van der Waals surface area (Å²) in [5.41, 5.74) is 0.698. The van der Waals surface area contributed by atoms with Gasteiger partial charge in [-0.2, -0.15) is 13.2 Å². The lowest BCUT2D eigenvalue weighted by Crippen LogP contribution is -2.17. The summed E-state index contributed by atoms with van der Waals surface area (Å²) in [4.78, 5) is 15.7. The van der Waals surface area contributed by atoms with Gasteiger partial charge in [-0.1, -0.05) is 52.3 Å². The van der Waals surface area contributed by atoms with Crippen molar-refractivity contribution in [2.75, 3.05) is 5.32 Å². The molecule has 0 atom stereocenters. The van der Waals surface area contributed by atoms with Crippen LogP contribution in [0.5, 0.6) is 0 Å². The van der Waals surface area contributed by atoms with Crippen molar-refractivity contribution in [3.8, 4) is 10.6 Å². The minimum atomic E-state index is -4.72. The number of carbonyl (C=O) groups is 1. The Balaban J connectivity index is 1.98. The molecule has 3 aromatic rings. The number of amides is 1. The number of alkyl halides is 3. The van der Waals surface area contributed by atoms with E-state index in [1.54, 1.807) is 48.5 Å². The Kier molecular flexibility index (Phi) is 5.15. The predicted octanol–water partition coefficient (Wildman–Crippen LogP) is 6.15. The Morgan fingerprint density at radius 2 is 1.85 bits per heavy atom. The maximum absolute atomic E-state index is 13.4. The van der Waals surface area contributed by atoms with E-state index in [4.69, 9.17) is 0 Å². The molecule has 2 aromatic carbocycles. The molecule has 0 fully saturated rings. The molecule has 0 spiro atoms. The smallest absolute Gasteiger partial charge is 0.321 e. The maximum Gasteiger partial charge on any atom is 0.435 e. The SMILES string of the molecule is Cc1ccc(NC(=O)c2sc(-c3ccccc3)nc2C(F)(F)F)cc1Br. The van der Waals surface area contributed by atoms with Crippen molar-refractivity contribution >= 4 is 38.9 Å². The first-order valence-corrected chi connectivity index (χ1v) is 9.07. The second kappa shape index (κ2) is 7.20. The van der Waals surface area contributed by atoms with Crippen LogP contribution in [0.4, 0.5) is 18.9 Å². The van der Waals surface area contributed by atoms with E-state index < -0.39 is 22.7 Å². The third kappa shape index (κ3) is 3.96. The number of nitrogens with zero attached hydrogens (tertiary/aromatic N) is 1. The Morgan fingerprint density at radius 3 is 2.46 bits per heavy atom. The second-order valence-electron chi connectivity index (χ2n) is 5.48. The fraction of sp³-hybridized carbons (Fsp3) is 0.111. The molecule has 0 bridgehead atoms. The van der Waals surface area contributed by atoms with E-state index in [-0.39, 0.29) is 5.01 Å². The minimum absolute atomic E-state index is 0.146. The fourth-order valence-electron chi connectivity index (χ4n) is 2.23. The van der Waals surface area contributed by atoms with Gasteiger partial charge >= 0.3 is 6.18 Å². The van der Waals surface area contributed by atoms with Crippen molar-refractivity contribution in [1.82, 2.24) is 4.98 Å². The number of hydrogen-bond acceptors (Lipinski definition) is 3. The summed E-state index contributed by atoms with van der Waals surface area (Å²) in [7, 11) is 0. The number of benzene rings is 2. The molecular formula is C18H12BrF3N2OS. The van der Waals surface area contributed by atoms with Gasteiger partial charge in [0.25, 0.3) is 5.91 Å². The summed E-state index contributed by atoms with van der Waals surface area (Å²) < 4.78 is 40.8. The first-order valence-electron chi connectivity index (χ1n) is 7.46. The average molecular weight is 441 g/mol. The quantitative estimate of drug-likeness (QED) is 0.530. The summed E-state index contributed by atoms with van der Waals surface area (Å²) >= 11 is 4.05. The van der Waals surface area contributed by atoms with E-state index in [0.717, 1.165) is 21.4 Å². The van der Waals surface area contributed by atoms with Crippen LogP contribution in [0.2, 0.25) is 0 Å². The Hall–Kier alpha value is -2.19. The molecule has 1 amide bonds. The highest BCUT2D eigenvalue weighted by Gasteiger charge is 2.39. The van der Waals surface area contributed by atoms with Gasteiger partial charge in [-0.3, -0.25) is 4.79 Å². The highest BCUT2D eigenvalue weighted by Crippen LogP contribution is 2.38. The standard InChI is InChI=1S/C18H12BrF3N2OS/c1-10-7-8-12(9-13(10)19)23-16(25)14-15(18(20,21)22)24-17(26-14)11-5-3-2-4-6-11/h2-9H,1H3,(H,23,25). The monoisotopic (exact) mass is 440 g/mol. The van der Waals surface area contributed by atoms with Gasteiger partial charge < -0.3 is 5.32 Å². The number of carbonyl (C=O) groups excluding carboxylic acids is 1. The van der Waals surface area contributed by atoms with E-state index in [1.807, 2.05) is 6.92 Å². The molecule has 0 saturated carbocycles. The van der Waals surface area contributed by atoms with Crippen molar-refractivity contribution in [3.63, 3.8) is 0 Å². The summed E-state index contributed by atoms with van der Waals surface area (Å²) in [5.74, 6) is -0.840. The third-order valence-corrected chi connectivity index (χ3v) is 5.51. The van der Waals surface area contributed by atoms with Gasteiger partial charge in [-0.05, 0) is 24.6 Å². The highest BCUT2D eigenvalue weighted by atomic mass is 79.9. The van der Waals surface area contributed by atoms with Gasteiger partial charge in [0.2, 0.25) is 0 Å². The van der Waals surface area contributed by atoms with Crippen molar-refractivity contribution in [3.05, 3.63) is 69.1 Å². The van der Waals surface area contributed by atoms with Crippen LogP contribution in [0.1, 0.15) is 20.9 Å². The molecule has 134 valence electrons. The molecule has 3 rings (SSSR count). The molecule has 1 heterocycles. The zero-order chi connectivity index (χ0) is 18.9. The lowest BCUT2D eigenvalue weighted by molar-refractivity contribution is -0.140. The van der Waals surface area contributed by atoms with Crippen LogP contribution in [-0.4, -0.2) is 10.9 Å². The van der Waals surface area contributed by atoms with Gasteiger partial charge in [0, 0.05) is 15.7 Å². The Morgan fingerprint density at radius 1 is 1.15 bits per heavy atom. The number of rotatable bonds is 3. The molecule has 0 aliphatic heterocycles. The Labute approximate surface area is 160 Å². The zero-order valence-electron chi connectivity index (χ0n) is 13.4. The number of aryl methyl sites for hydroxylation is 1. The summed E-state index contributed by atoms with van der Waals surface area (Å²) in [6.07, 6.45) is -4.72. The highest BCUT2D eigenvalue weighted by molar-refractivity contribution is 9.10. The van der Waals surface area contributed by atoms with Crippen molar-refractivity contribution in [2.45, 2.75) is 13.1 Å². The third-order valence-electron chi connectivity index (χ3n) is 3.55. The van der Waals surface area contributed by atoms with Gasteiger partial charge in [-0.15, -0.1) is 11.3 Å². The lowest BCUT2D eigenvalue weighted by Gasteiger charge is -2.08. The maximum atomic E-state index is 13.4. The topological polar surface area (TPSA) is 42.0 Å². The van der Waals surface area contributed by atoms with E-state index in [0.29, 0.717) is 11.3 Å². The minimum Gasteiger partial charge on any atom is -0.321 e. The molecule has 1 aromatic heterocycles. The fourth-order valence-corrected chi connectivity index (χ4v) is 3.59. The number of aromatic nitrogens is 1. The number of halogens is 4. The number of nitrogens with one attached hydrogen (secondary N) is 1. The molecule has 0 aliphatic carbocycles. The molecule has 8 heteroatoms. The van der Waals surface area contributed by atoms with Gasteiger partial charge in [-0.25, -0.2) is 4.98 Å². The first-order chi connectivity index (χ1) is 12.3. The lowest BCUT2D eigenvalue weighted by atomic mass is 10.2. The molecule has 0 unspecified atom stereocenters. The van der Waals surface area contributed by atoms with E-state index >= 15 is 0 Å². The van der Waals surface area contributed by atoms with Gasteiger partial charge in [0.1, 0.15) is 9.88 Å². The van der Waals surface area contributed by atoms with Crippen molar-refractivity contribution in [2.24, 2.45) is 0 Å². The molecule has 26 heavy (non-hydrogen) atoms. The molecular weight excluding hydrogens is 429 g/mol. The average Bonchev–Trinajstić information content (AvgIpc) is 3.05. The molecule has 0 radical (unpaired) electrons. The van der Waals surface area contributed by atoms with Crippen molar-refractivity contribution in [1.29, 1.82) is 0 Å². The zero-order valence-corrected chi connectivity index (χ0v) is 15.8. The molecule has 0 aliphatic rings. The van der Waals surface area contributed by atoms with Crippen LogP contribution < -0.4 is 5.32 Å². The number of hydrogen-bond donors (Lipinski definition) is 1. The van der Waals surface area contributed by atoms with Crippen LogP contribution in [0.25, 0.3) is 10.6 Å². The van der Waals surface area contributed by atoms with E-state index in [9.17, 15) is 18.0 Å². The van der Waals surface area contributed by atoms with Crippen molar-refractivity contribution < 1.29 is 18.0 Å². The first kappa shape index (κ1) is 18.6. The van der Waals surface area contributed by atoms with Crippen LogP contribution in [0.3, 0.4) is 0 Å². The van der Waals surface area contributed by atoms with Gasteiger partial charge in [0.15, 0.2) is 5.69 Å². The summed E-state index contributed by atoms with van der Waals surface area (Å²) in [6.45, 7) is 1.87. The number of thiazole rings is 1. The van der Waals surface area contributed by atoms with E-state index in [1.165, 1.54) is 0 Å². The largest absolute Gasteiger partial charge is 0.435 e.